The third-order valence-electron chi connectivity index (χ3n) is 3.60. The van der Waals surface area contributed by atoms with Crippen LogP contribution >= 0.6 is 15.9 Å². The van der Waals surface area contributed by atoms with Crippen molar-refractivity contribution in [2.75, 3.05) is 6.54 Å². The lowest BCUT2D eigenvalue weighted by atomic mass is 10.0. The predicted molar refractivity (Wildman–Crippen MR) is 92.8 cm³/mol. The first-order valence-corrected chi connectivity index (χ1v) is 8.86. The molecule has 1 heterocycles. The molecule has 4 heteroatoms. The summed E-state index contributed by atoms with van der Waals surface area (Å²) in [5.41, 5.74) is 0.733. The number of amides is 1. The molecule has 0 aromatic carbocycles. The van der Waals surface area contributed by atoms with Crippen LogP contribution in [0.3, 0.4) is 0 Å². The van der Waals surface area contributed by atoms with Gasteiger partial charge < -0.3 is 9.88 Å². The van der Waals surface area contributed by atoms with Crippen LogP contribution in [0, 0.1) is 5.92 Å². The number of nitrogens with one attached hydrogen (secondary N) is 1. The molecule has 0 unspecified atom stereocenters. The van der Waals surface area contributed by atoms with Crippen LogP contribution in [0.4, 0.5) is 0 Å². The lowest BCUT2D eigenvalue weighted by molar-refractivity contribution is 0.0942. The van der Waals surface area contributed by atoms with E-state index in [9.17, 15) is 4.79 Å². The molecule has 0 saturated carbocycles. The van der Waals surface area contributed by atoms with Crippen LogP contribution in [0.25, 0.3) is 0 Å². The molecule has 0 saturated heterocycles. The van der Waals surface area contributed by atoms with Gasteiger partial charge in [-0.15, -0.1) is 0 Å². The van der Waals surface area contributed by atoms with E-state index >= 15 is 0 Å². The van der Waals surface area contributed by atoms with Gasteiger partial charge in [0, 0.05) is 23.3 Å². The largest absolute Gasteiger partial charge is 0.351 e. The summed E-state index contributed by atoms with van der Waals surface area (Å²) in [7, 11) is 0. The summed E-state index contributed by atoms with van der Waals surface area (Å²) in [5, 5.41) is 3.03. The highest BCUT2D eigenvalue weighted by atomic mass is 79.9. The molecule has 120 valence electrons. The highest BCUT2D eigenvalue weighted by Gasteiger charge is 2.14. The van der Waals surface area contributed by atoms with Gasteiger partial charge in [-0.05, 0) is 48.2 Å². The molecule has 1 amide bonds. The number of carbonyl (C=O) groups is 1. The normalized spacial score (nSPS) is 11.4. The van der Waals surface area contributed by atoms with E-state index in [1.165, 1.54) is 25.7 Å². The summed E-state index contributed by atoms with van der Waals surface area (Å²) in [6, 6.07) is 2.17. The number of rotatable bonds is 9. The molecule has 1 aromatic heterocycles. The van der Waals surface area contributed by atoms with Crippen molar-refractivity contribution in [3.63, 3.8) is 0 Å². The monoisotopic (exact) mass is 356 g/mol. The smallest absolute Gasteiger partial charge is 0.267 e. The Balaban J connectivity index is 2.28. The van der Waals surface area contributed by atoms with Gasteiger partial charge in [-0.25, -0.2) is 0 Å². The van der Waals surface area contributed by atoms with Crippen molar-refractivity contribution in [2.45, 2.75) is 65.8 Å². The van der Waals surface area contributed by atoms with Gasteiger partial charge in [-0.2, -0.15) is 0 Å². The van der Waals surface area contributed by atoms with Gasteiger partial charge in [-0.1, -0.05) is 39.5 Å². The molecule has 3 nitrogen and oxygen atoms in total. The summed E-state index contributed by atoms with van der Waals surface area (Å²) in [4.78, 5) is 12.2. The topological polar surface area (TPSA) is 34.0 Å². The Hall–Kier alpha value is -0.770. The van der Waals surface area contributed by atoms with Crippen LogP contribution < -0.4 is 5.32 Å². The number of hydrogen-bond acceptors (Lipinski definition) is 1. The molecule has 0 radical (unpaired) electrons. The highest BCUT2D eigenvalue weighted by Crippen LogP contribution is 2.19. The lowest BCUT2D eigenvalue weighted by Crippen LogP contribution is -2.27. The molecule has 1 N–H and O–H groups in total. The number of hydrogen-bond donors (Lipinski definition) is 1. The van der Waals surface area contributed by atoms with Crippen LogP contribution in [-0.2, 0) is 0 Å². The van der Waals surface area contributed by atoms with Gasteiger partial charge in [0.25, 0.3) is 5.91 Å². The van der Waals surface area contributed by atoms with Gasteiger partial charge in [0.05, 0.1) is 0 Å². The van der Waals surface area contributed by atoms with Crippen molar-refractivity contribution in [1.29, 1.82) is 0 Å². The van der Waals surface area contributed by atoms with E-state index in [2.05, 4.69) is 48.9 Å². The second-order valence-corrected chi connectivity index (χ2v) is 7.31. The van der Waals surface area contributed by atoms with Crippen molar-refractivity contribution in [3.05, 3.63) is 22.4 Å². The summed E-state index contributed by atoms with van der Waals surface area (Å²) in [5.74, 6) is 0.823. The van der Waals surface area contributed by atoms with Gasteiger partial charge in [-0.3, -0.25) is 4.79 Å². The zero-order valence-corrected chi connectivity index (χ0v) is 15.4. The average molecular weight is 357 g/mol. The summed E-state index contributed by atoms with van der Waals surface area (Å²) in [6.45, 7) is 9.46. The number of aromatic nitrogens is 1. The Morgan fingerprint density at radius 3 is 2.48 bits per heavy atom. The molecule has 0 aliphatic carbocycles. The van der Waals surface area contributed by atoms with E-state index in [0.717, 1.165) is 29.1 Å². The first-order chi connectivity index (χ1) is 9.91. The van der Waals surface area contributed by atoms with Crippen molar-refractivity contribution < 1.29 is 4.79 Å². The maximum atomic E-state index is 12.2. The van der Waals surface area contributed by atoms with Crippen LogP contribution in [0.1, 0.15) is 76.3 Å². The van der Waals surface area contributed by atoms with E-state index in [0.29, 0.717) is 0 Å². The predicted octanol–water partition coefficient (Wildman–Crippen LogP) is 5.17. The maximum absolute atomic E-state index is 12.2. The average Bonchev–Trinajstić information content (AvgIpc) is 2.79. The van der Waals surface area contributed by atoms with E-state index in [-0.39, 0.29) is 11.9 Å². The summed E-state index contributed by atoms with van der Waals surface area (Å²) < 4.78 is 2.96. The Kier molecular flexibility index (Phi) is 8.09. The molecule has 1 aromatic rings. The van der Waals surface area contributed by atoms with E-state index in [1.807, 2.05) is 16.8 Å². The lowest BCUT2D eigenvalue weighted by Gasteiger charge is -2.12. The van der Waals surface area contributed by atoms with Crippen molar-refractivity contribution in [1.82, 2.24) is 9.88 Å². The maximum Gasteiger partial charge on any atom is 0.267 e. The first kappa shape index (κ1) is 18.3. The highest BCUT2D eigenvalue weighted by molar-refractivity contribution is 9.10. The molecule has 21 heavy (non-hydrogen) atoms. The van der Waals surface area contributed by atoms with Gasteiger partial charge in [0.15, 0.2) is 0 Å². The quantitative estimate of drug-likeness (QED) is 0.608. The second-order valence-electron chi connectivity index (χ2n) is 6.40. The third kappa shape index (κ3) is 6.68. The fourth-order valence-electron chi connectivity index (χ4n) is 2.38. The second kappa shape index (κ2) is 9.29. The molecule has 1 rings (SSSR count). The van der Waals surface area contributed by atoms with Gasteiger partial charge in [0.2, 0.25) is 0 Å². The van der Waals surface area contributed by atoms with Crippen molar-refractivity contribution in [3.8, 4) is 0 Å². The Morgan fingerprint density at radius 1 is 1.19 bits per heavy atom. The van der Waals surface area contributed by atoms with E-state index in [1.54, 1.807) is 0 Å². The van der Waals surface area contributed by atoms with Gasteiger partial charge in [0.1, 0.15) is 5.69 Å². The minimum atomic E-state index is 0.0246. The minimum Gasteiger partial charge on any atom is -0.351 e. The molecule has 0 aliphatic heterocycles. The number of nitrogens with zero attached hydrogens (tertiary/aromatic N) is 1. The summed E-state index contributed by atoms with van der Waals surface area (Å²) in [6.07, 6.45) is 8.10. The molecule has 0 fully saturated rings. The van der Waals surface area contributed by atoms with Crippen molar-refractivity contribution >= 4 is 21.8 Å². The standard InChI is InChI=1S/C17H29BrN2O/c1-13(2)9-7-5-6-8-10-19-17(21)16-11-15(18)12-20(16)14(3)4/h11-14H,5-10H2,1-4H3,(H,19,21). The fraction of sp³-hybridized carbons (Fsp3) is 0.706. The number of carbonyl (C=O) groups excluding carboxylic acids is 1. The molecule has 0 bridgehead atoms. The minimum absolute atomic E-state index is 0.0246. The molecular weight excluding hydrogens is 328 g/mol. The Morgan fingerprint density at radius 2 is 1.86 bits per heavy atom. The SMILES string of the molecule is CC(C)CCCCCCNC(=O)c1cc(Br)cn1C(C)C. The number of unbranched alkanes of at least 4 members (excludes halogenated alkanes) is 3. The van der Waals surface area contributed by atoms with Crippen molar-refractivity contribution in [2.24, 2.45) is 5.92 Å². The number of halogens is 1. The molecular formula is C17H29BrN2O. The van der Waals surface area contributed by atoms with Gasteiger partial charge >= 0.3 is 0 Å². The van der Waals surface area contributed by atoms with Crippen LogP contribution in [0.2, 0.25) is 0 Å². The zero-order chi connectivity index (χ0) is 15.8. The molecule has 0 spiro atoms. The Labute approximate surface area is 137 Å². The Bertz CT molecular complexity index is 438. The zero-order valence-electron chi connectivity index (χ0n) is 13.8. The molecule has 0 aliphatic rings. The van der Waals surface area contributed by atoms with E-state index in [4.69, 9.17) is 0 Å². The van der Waals surface area contributed by atoms with Crippen LogP contribution in [-0.4, -0.2) is 17.0 Å². The third-order valence-corrected chi connectivity index (χ3v) is 4.03. The van der Waals surface area contributed by atoms with Crippen LogP contribution in [0.15, 0.2) is 16.7 Å². The van der Waals surface area contributed by atoms with Crippen LogP contribution in [0.5, 0.6) is 0 Å². The summed E-state index contributed by atoms with van der Waals surface area (Å²) >= 11 is 3.44. The molecule has 0 atom stereocenters. The first-order valence-electron chi connectivity index (χ1n) is 8.07. The van der Waals surface area contributed by atoms with E-state index < -0.39 is 0 Å². The fourth-order valence-corrected chi connectivity index (χ4v) is 2.82.